The zero-order valence-corrected chi connectivity index (χ0v) is 22.5. The summed E-state index contributed by atoms with van der Waals surface area (Å²) in [5.41, 5.74) is 0. The minimum atomic E-state index is -0.656. The minimum absolute atomic E-state index is 0.00136. The molecule has 2 heterocycles. The molecule has 7 aliphatic rings. The van der Waals surface area contributed by atoms with E-state index in [0.717, 1.165) is 24.2 Å². The molecule has 2 aliphatic heterocycles. The number of hydrogen-bond donors (Lipinski definition) is 0. The third kappa shape index (κ3) is 4.10. The van der Waals surface area contributed by atoms with Gasteiger partial charge in [0.15, 0.2) is 0 Å². The number of esters is 3. The fraction of sp³-hybridized carbons (Fsp3) is 0.897. The molecule has 7 fully saturated rings. The molecule has 0 N–H and O–H groups in total. The molecule has 0 aromatic rings. The van der Waals surface area contributed by atoms with E-state index in [0.29, 0.717) is 38.6 Å². The average Bonchev–Trinajstić information content (AvgIpc) is 3.70. The van der Waals surface area contributed by atoms with Crippen molar-refractivity contribution >= 4 is 17.9 Å². The van der Waals surface area contributed by atoms with Crippen molar-refractivity contribution < 1.29 is 38.1 Å². The SMILES string of the molecule is CC(C)C(OC(=O)C1C2CC3C(OC(=O)C31)C2OC(=O)CN1CCOCC1)OC1CC2CC1C1CCCC21. The summed E-state index contributed by atoms with van der Waals surface area (Å²) in [6.45, 7) is 6.76. The van der Waals surface area contributed by atoms with E-state index in [1.54, 1.807) is 0 Å². The second-order valence-corrected chi connectivity index (χ2v) is 13.2. The van der Waals surface area contributed by atoms with Gasteiger partial charge >= 0.3 is 17.9 Å². The molecule has 4 bridgehead atoms. The molecular weight excluding hydrogens is 490 g/mol. The number of morpholine rings is 1. The molecule has 5 saturated carbocycles. The van der Waals surface area contributed by atoms with E-state index in [4.69, 9.17) is 23.7 Å². The number of ether oxygens (including phenoxy) is 5. The second kappa shape index (κ2) is 9.73. The smallest absolute Gasteiger partial charge is 0.320 e. The molecule has 12 unspecified atom stereocenters. The molecule has 9 nitrogen and oxygen atoms in total. The van der Waals surface area contributed by atoms with Crippen molar-refractivity contribution in [2.45, 2.75) is 77.0 Å². The Kier molecular flexibility index (Phi) is 6.47. The molecular formula is C29H41NO8. The maximum atomic E-state index is 13.7. The van der Waals surface area contributed by atoms with Gasteiger partial charge in [0.05, 0.1) is 37.7 Å². The summed E-state index contributed by atoms with van der Waals surface area (Å²) in [5, 5.41) is 0. The predicted molar refractivity (Wildman–Crippen MR) is 132 cm³/mol. The van der Waals surface area contributed by atoms with Crippen LogP contribution >= 0.6 is 0 Å². The molecule has 7 rings (SSSR count). The van der Waals surface area contributed by atoms with Gasteiger partial charge in [-0.25, -0.2) is 0 Å². The number of carbonyl (C=O) groups excluding carboxylic acids is 3. The monoisotopic (exact) mass is 531 g/mol. The first-order valence-corrected chi connectivity index (χ1v) is 14.9. The zero-order valence-electron chi connectivity index (χ0n) is 22.5. The van der Waals surface area contributed by atoms with Crippen molar-refractivity contribution in [3.8, 4) is 0 Å². The lowest BCUT2D eigenvalue weighted by atomic mass is 9.78. The van der Waals surface area contributed by atoms with Gasteiger partial charge in [-0.15, -0.1) is 0 Å². The lowest BCUT2D eigenvalue weighted by Gasteiger charge is -2.36. The quantitative estimate of drug-likeness (QED) is 0.266. The molecule has 38 heavy (non-hydrogen) atoms. The summed E-state index contributed by atoms with van der Waals surface area (Å²) in [5.74, 6) is 0.324. The Labute approximate surface area is 224 Å². The van der Waals surface area contributed by atoms with Crippen molar-refractivity contribution in [2.24, 2.45) is 53.3 Å². The lowest BCUT2D eigenvalue weighted by Crippen LogP contribution is -2.47. The van der Waals surface area contributed by atoms with E-state index < -0.39 is 36.3 Å². The van der Waals surface area contributed by atoms with Crippen molar-refractivity contribution in [1.82, 2.24) is 4.90 Å². The third-order valence-electron chi connectivity index (χ3n) is 11.0. The van der Waals surface area contributed by atoms with E-state index in [1.165, 1.54) is 25.7 Å². The van der Waals surface area contributed by atoms with Gasteiger partial charge < -0.3 is 23.7 Å². The van der Waals surface area contributed by atoms with Crippen LogP contribution in [0.4, 0.5) is 0 Å². The Balaban J connectivity index is 1.01. The first kappa shape index (κ1) is 25.3. The second-order valence-electron chi connectivity index (χ2n) is 13.2. The van der Waals surface area contributed by atoms with Gasteiger partial charge in [-0.05, 0) is 55.8 Å². The highest BCUT2D eigenvalue weighted by molar-refractivity contribution is 5.86. The van der Waals surface area contributed by atoms with E-state index in [2.05, 4.69) is 0 Å². The Morgan fingerprint density at radius 2 is 1.79 bits per heavy atom. The predicted octanol–water partition coefficient (Wildman–Crippen LogP) is 2.40. The Morgan fingerprint density at radius 1 is 1.00 bits per heavy atom. The Bertz CT molecular complexity index is 964. The fourth-order valence-corrected chi connectivity index (χ4v) is 9.45. The molecule has 5 aliphatic carbocycles. The fourth-order valence-electron chi connectivity index (χ4n) is 9.45. The van der Waals surface area contributed by atoms with Crippen LogP contribution < -0.4 is 0 Å². The van der Waals surface area contributed by atoms with Gasteiger partial charge in [-0.1, -0.05) is 20.3 Å². The van der Waals surface area contributed by atoms with Crippen LogP contribution in [0.1, 0.15) is 52.4 Å². The summed E-state index contributed by atoms with van der Waals surface area (Å²) in [7, 11) is 0. The molecule has 0 aromatic heterocycles. The topological polar surface area (TPSA) is 101 Å². The minimum Gasteiger partial charge on any atom is -0.458 e. The van der Waals surface area contributed by atoms with Crippen molar-refractivity contribution in [3.63, 3.8) is 0 Å². The number of hydrogen-bond acceptors (Lipinski definition) is 9. The number of rotatable bonds is 8. The molecule has 2 saturated heterocycles. The van der Waals surface area contributed by atoms with Crippen LogP contribution in [0.5, 0.6) is 0 Å². The molecule has 0 aromatic carbocycles. The highest BCUT2D eigenvalue weighted by atomic mass is 16.7. The standard InChI is InChI=1S/C29H41NO8/c1-14(2)29(35-21-11-15-10-18(21)17-5-3-4-16(15)17)38-28(33)24-19-12-20-23(24)27(32)37-26(20)25(19)36-22(31)13-30-6-8-34-9-7-30/h14-21,23-26,29H,3-13H2,1-2H3. The van der Waals surface area contributed by atoms with E-state index in [1.807, 2.05) is 18.7 Å². The summed E-state index contributed by atoms with van der Waals surface area (Å²) >= 11 is 0. The molecule has 12 atom stereocenters. The number of nitrogens with zero attached hydrogens (tertiary/aromatic N) is 1. The van der Waals surface area contributed by atoms with Gasteiger partial charge in [-0.2, -0.15) is 0 Å². The van der Waals surface area contributed by atoms with Crippen LogP contribution in [-0.4, -0.2) is 80.3 Å². The largest absolute Gasteiger partial charge is 0.458 e. The van der Waals surface area contributed by atoms with Gasteiger partial charge in [0.2, 0.25) is 6.29 Å². The van der Waals surface area contributed by atoms with Gasteiger partial charge in [0.1, 0.15) is 12.2 Å². The highest BCUT2D eigenvalue weighted by Crippen LogP contribution is 2.61. The van der Waals surface area contributed by atoms with Crippen LogP contribution in [0.15, 0.2) is 0 Å². The van der Waals surface area contributed by atoms with Gasteiger partial charge in [-0.3, -0.25) is 19.3 Å². The first-order valence-electron chi connectivity index (χ1n) is 14.9. The number of carbonyl (C=O) groups is 3. The average molecular weight is 532 g/mol. The van der Waals surface area contributed by atoms with Crippen LogP contribution in [0.25, 0.3) is 0 Å². The zero-order chi connectivity index (χ0) is 26.1. The molecule has 9 heteroatoms. The highest BCUT2D eigenvalue weighted by Gasteiger charge is 2.70. The van der Waals surface area contributed by atoms with E-state index >= 15 is 0 Å². The van der Waals surface area contributed by atoms with Crippen LogP contribution in [0.3, 0.4) is 0 Å². The third-order valence-corrected chi connectivity index (χ3v) is 11.0. The number of fused-ring (bicyclic) bond motifs is 6. The van der Waals surface area contributed by atoms with Gasteiger partial charge in [0.25, 0.3) is 0 Å². The maximum absolute atomic E-state index is 13.7. The summed E-state index contributed by atoms with van der Waals surface area (Å²) in [6.07, 6.45) is 5.41. The van der Waals surface area contributed by atoms with Crippen LogP contribution in [-0.2, 0) is 38.1 Å². The first-order chi connectivity index (χ1) is 18.4. The molecule has 0 amide bonds. The van der Waals surface area contributed by atoms with Crippen LogP contribution in [0.2, 0.25) is 0 Å². The van der Waals surface area contributed by atoms with Crippen molar-refractivity contribution in [1.29, 1.82) is 0 Å². The van der Waals surface area contributed by atoms with Crippen LogP contribution in [0, 0.1) is 53.3 Å². The van der Waals surface area contributed by atoms with Gasteiger partial charge in [0, 0.05) is 30.8 Å². The maximum Gasteiger partial charge on any atom is 0.320 e. The van der Waals surface area contributed by atoms with Crippen molar-refractivity contribution in [3.05, 3.63) is 0 Å². The normalized spacial score (nSPS) is 45.4. The summed E-state index contributed by atoms with van der Waals surface area (Å²) in [4.78, 5) is 41.3. The Morgan fingerprint density at radius 3 is 2.58 bits per heavy atom. The molecule has 0 radical (unpaired) electrons. The van der Waals surface area contributed by atoms with E-state index in [9.17, 15) is 14.4 Å². The summed E-state index contributed by atoms with van der Waals surface area (Å²) in [6, 6.07) is 0. The molecule has 0 spiro atoms. The van der Waals surface area contributed by atoms with Crippen molar-refractivity contribution in [2.75, 3.05) is 32.8 Å². The molecule has 210 valence electrons. The Hall–Kier alpha value is -1.71. The van der Waals surface area contributed by atoms with E-state index in [-0.39, 0.29) is 42.3 Å². The lowest BCUT2D eigenvalue weighted by molar-refractivity contribution is -0.217. The summed E-state index contributed by atoms with van der Waals surface area (Å²) < 4.78 is 29.5.